The summed E-state index contributed by atoms with van der Waals surface area (Å²) in [6, 6.07) is 6.79. The quantitative estimate of drug-likeness (QED) is 0.548. The maximum atomic E-state index is 11.7. The molecule has 5 nitrogen and oxygen atoms in total. The van der Waals surface area contributed by atoms with Gasteiger partial charge in [0.1, 0.15) is 11.8 Å². The Kier molecular flexibility index (Phi) is 6.92. The second-order valence-electron chi connectivity index (χ2n) is 3.99. The fourth-order valence-electron chi connectivity index (χ4n) is 1.70. The fourth-order valence-corrected chi connectivity index (χ4v) is 1.70. The minimum Gasteiger partial charge on any atom is -0.494 e. The van der Waals surface area contributed by atoms with Crippen LogP contribution >= 0.6 is 0 Å². The van der Waals surface area contributed by atoms with Gasteiger partial charge in [0.2, 0.25) is 0 Å². The van der Waals surface area contributed by atoms with Gasteiger partial charge in [0.25, 0.3) is 0 Å². The average Bonchev–Trinajstić information content (AvgIpc) is 2.44. The minimum absolute atomic E-state index is 0.0875. The second kappa shape index (κ2) is 8.50. The van der Waals surface area contributed by atoms with Crippen LogP contribution in [0.5, 0.6) is 5.75 Å². The van der Waals surface area contributed by atoms with E-state index in [0.29, 0.717) is 19.6 Å². The Bertz CT molecular complexity index is 378. The Labute approximate surface area is 113 Å². The predicted octanol–water partition coefficient (Wildman–Crippen LogP) is 1.27. The third kappa shape index (κ3) is 4.89. The molecule has 0 saturated heterocycles. The van der Waals surface area contributed by atoms with E-state index in [0.717, 1.165) is 11.3 Å². The van der Waals surface area contributed by atoms with Gasteiger partial charge in [-0.25, -0.2) is 4.79 Å². The number of hydrogen-bond acceptors (Lipinski definition) is 5. The summed E-state index contributed by atoms with van der Waals surface area (Å²) in [5.41, 5.74) is 0.813. The molecule has 0 bridgehead atoms. The maximum absolute atomic E-state index is 11.7. The minimum atomic E-state index is -0.521. The van der Waals surface area contributed by atoms with Crippen molar-refractivity contribution in [3.05, 3.63) is 29.8 Å². The summed E-state index contributed by atoms with van der Waals surface area (Å²) in [7, 11) is 1.36. The molecule has 0 saturated carbocycles. The van der Waals surface area contributed by atoms with Gasteiger partial charge in [-0.05, 0) is 37.6 Å². The zero-order chi connectivity index (χ0) is 14.1. The van der Waals surface area contributed by atoms with Crippen LogP contribution in [0.1, 0.15) is 24.9 Å². The van der Waals surface area contributed by atoms with Gasteiger partial charge >= 0.3 is 5.97 Å². The fraction of sp³-hybridized carbons (Fsp3) is 0.500. The summed E-state index contributed by atoms with van der Waals surface area (Å²) < 4.78 is 10.1. The molecule has 0 fully saturated rings. The van der Waals surface area contributed by atoms with Crippen molar-refractivity contribution in [2.24, 2.45) is 0 Å². The van der Waals surface area contributed by atoms with Crippen LogP contribution in [0.15, 0.2) is 24.3 Å². The molecule has 0 spiro atoms. The van der Waals surface area contributed by atoms with E-state index in [1.165, 1.54) is 7.11 Å². The first-order chi connectivity index (χ1) is 9.22. The van der Waals surface area contributed by atoms with Crippen LogP contribution in [0.4, 0.5) is 0 Å². The standard InChI is InChI=1S/C14H21NO4/c1-3-19-12-7-5-11(6-8-12)13(14(17)18-2)15-9-4-10-16/h5-8,13,15-16H,3-4,9-10H2,1-2H3. The van der Waals surface area contributed by atoms with Crippen LogP contribution < -0.4 is 10.1 Å². The monoisotopic (exact) mass is 267 g/mol. The molecule has 1 aromatic carbocycles. The van der Waals surface area contributed by atoms with Gasteiger partial charge in [0.15, 0.2) is 0 Å². The Balaban J connectivity index is 2.75. The molecule has 2 N–H and O–H groups in total. The molecule has 0 aliphatic rings. The highest BCUT2D eigenvalue weighted by Crippen LogP contribution is 2.19. The van der Waals surface area contributed by atoms with Gasteiger partial charge in [0.05, 0.1) is 13.7 Å². The van der Waals surface area contributed by atoms with E-state index in [9.17, 15) is 4.79 Å². The smallest absolute Gasteiger partial charge is 0.327 e. The molecule has 1 aromatic rings. The van der Waals surface area contributed by atoms with E-state index < -0.39 is 6.04 Å². The van der Waals surface area contributed by atoms with Crippen LogP contribution in [0.2, 0.25) is 0 Å². The highest BCUT2D eigenvalue weighted by molar-refractivity contribution is 5.77. The zero-order valence-electron chi connectivity index (χ0n) is 11.4. The first-order valence-electron chi connectivity index (χ1n) is 6.37. The number of carbonyl (C=O) groups is 1. The summed E-state index contributed by atoms with van der Waals surface area (Å²) in [4.78, 5) is 11.7. The lowest BCUT2D eigenvalue weighted by molar-refractivity contribution is -0.143. The molecule has 1 atom stereocenters. The van der Waals surface area contributed by atoms with Gasteiger partial charge in [-0.1, -0.05) is 12.1 Å². The van der Waals surface area contributed by atoms with Crippen molar-refractivity contribution in [1.29, 1.82) is 0 Å². The molecule has 0 aliphatic carbocycles. The highest BCUT2D eigenvalue weighted by Gasteiger charge is 2.20. The van der Waals surface area contributed by atoms with Crippen molar-refractivity contribution >= 4 is 5.97 Å². The first kappa shape index (κ1) is 15.5. The molecule has 0 heterocycles. The Morgan fingerprint density at radius 1 is 1.37 bits per heavy atom. The molecule has 1 unspecified atom stereocenters. The van der Waals surface area contributed by atoms with Gasteiger partial charge in [0, 0.05) is 6.61 Å². The van der Waals surface area contributed by atoms with E-state index in [1.54, 1.807) is 0 Å². The largest absolute Gasteiger partial charge is 0.494 e. The molecule has 19 heavy (non-hydrogen) atoms. The molecule has 5 heteroatoms. The molecule has 1 rings (SSSR count). The number of aliphatic hydroxyl groups is 1. The van der Waals surface area contributed by atoms with Crippen LogP contribution in [0.25, 0.3) is 0 Å². The van der Waals surface area contributed by atoms with Crippen LogP contribution in [0, 0.1) is 0 Å². The number of hydrogen-bond donors (Lipinski definition) is 2. The van der Waals surface area contributed by atoms with Gasteiger partial charge in [-0.2, -0.15) is 0 Å². The van der Waals surface area contributed by atoms with E-state index in [1.807, 2.05) is 31.2 Å². The van der Waals surface area contributed by atoms with Gasteiger partial charge in [-0.15, -0.1) is 0 Å². The number of nitrogens with one attached hydrogen (secondary N) is 1. The lowest BCUT2D eigenvalue weighted by atomic mass is 10.1. The van der Waals surface area contributed by atoms with Crippen molar-refractivity contribution in [1.82, 2.24) is 5.32 Å². The van der Waals surface area contributed by atoms with Crippen LogP contribution in [0.3, 0.4) is 0 Å². The zero-order valence-corrected chi connectivity index (χ0v) is 11.4. The molecule has 0 aliphatic heterocycles. The first-order valence-corrected chi connectivity index (χ1v) is 6.37. The number of esters is 1. The number of aliphatic hydroxyl groups excluding tert-OH is 1. The molecular weight excluding hydrogens is 246 g/mol. The number of methoxy groups -OCH3 is 1. The highest BCUT2D eigenvalue weighted by atomic mass is 16.5. The number of ether oxygens (including phenoxy) is 2. The molecule has 0 radical (unpaired) electrons. The summed E-state index contributed by atoms with van der Waals surface area (Å²) in [5.74, 6) is 0.423. The number of carbonyl (C=O) groups excluding carboxylic acids is 1. The number of rotatable bonds is 8. The SMILES string of the molecule is CCOc1ccc(C(NCCCO)C(=O)OC)cc1. The predicted molar refractivity (Wildman–Crippen MR) is 72.1 cm³/mol. The van der Waals surface area contributed by atoms with E-state index in [-0.39, 0.29) is 12.6 Å². The van der Waals surface area contributed by atoms with Crippen molar-refractivity contribution < 1.29 is 19.4 Å². The summed E-state index contributed by atoms with van der Waals surface area (Å²) in [6.45, 7) is 3.16. The van der Waals surface area contributed by atoms with Crippen molar-refractivity contribution in [3.63, 3.8) is 0 Å². The number of benzene rings is 1. The molecule has 0 aromatic heterocycles. The second-order valence-corrected chi connectivity index (χ2v) is 3.99. The normalized spacial score (nSPS) is 11.9. The lowest BCUT2D eigenvalue weighted by Gasteiger charge is -2.17. The average molecular weight is 267 g/mol. The van der Waals surface area contributed by atoms with Crippen molar-refractivity contribution in [2.75, 3.05) is 26.9 Å². The maximum Gasteiger partial charge on any atom is 0.327 e. The Morgan fingerprint density at radius 2 is 2.05 bits per heavy atom. The third-order valence-electron chi connectivity index (χ3n) is 2.64. The van der Waals surface area contributed by atoms with Crippen molar-refractivity contribution in [3.8, 4) is 5.75 Å². The summed E-state index contributed by atoms with van der Waals surface area (Å²) >= 11 is 0. The van der Waals surface area contributed by atoms with Crippen LogP contribution in [-0.4, -0.2) is 37.9 Å². The van der Waals surface area contributed by atoms with Gasteiger partial charge < -0.3 is 19.9 Å². The topological polar surface area (TPSA) is 67.8 Å². The molecular formula is C14H21NO4. The van der Waals surface area contributed by atoms with E-state index in [2.05, 4.69) is 5.32 Å². The Morgan fingerprint density at radius 3 is 2.58 bits per heavy atom. The summed E-state index contributed by atoms with van der Waals surface area (Å²) in [6.07, 6.45) is 0.588. The molecule has 0 amide bonds. The lowest BCUT2D eigenvalue weighted by Crippen LogP contribution is -2.30. The third-order valence-corrected chi connectivity index (χ3v) is 2.64. The van der Waals surface area contributed by atoms with Gasteiger partial charge in [-0.3, -0.25) is 0 Å². The van der Waals surface area contributed by atoms with E-state index >= 15 is 0 Å². The Hall–Kier alpha value is -1.59. The summed E-state index contributed by atoms with van der Waals surface area (Å²) in [5, 5.41) is 11.8. The van der Waals surface area contributed by atoms with E-state index in [4.69, 9.17) is 14.6 Å². The van der Waals surface area contributed by atoms with Crippen molar-refractivity contribution in [2.45, 2.75) is 19.4 Å². The molecule has 106 valence electrons. The van der Waals surface area contributed by atoms with Crippen LogP contribution in [-0.2, 0) is 9.53 Å².